The molecule has 130 valence electrons. The molecular formula is C18H25ClN4O. The second-order valence-electron chi connectivity index (χ2n) is 6.82. The van der Waals surface area contributed by atoms with Gasteiger partial charge in [0.25, 0.3) is 5.91 Å². The number of amides is 1. The van der Waals surface area contributed by atoms with Crippen LogP contribution in [0.5, 0.6) is 0 Å². The summed E-state index contributed by atoms with van der Waals surface area (Å²) < 4.78 is 1.72. The summed E-state index contributed by atoms with van der Waals surface area (Å²) in [6, 6.07) is 10.1. The van der Waals surface area contributed by atoms with Gasteiger partial charge in [0, 0.05) is 18.8 Å². The molecule has 1 aromatic carbocycles. The summed E-state index contributed by atoms with van der Waals surface area (Å²) in [6.45, 7) is 6.17. The van der Waals surface area contributed by atoms with Gasteiger partial charge in [0.1, 0.15) is 0 Å². The summed E-state index contributed by atoms with van der Waals surface area (Å²) in [5.41, 5.74) is 1.74. The fraction of sp³-hybridized carbons (Fsp3) is 0.444. The van der Waals surface area contributed by atoms with Crippen LogP contribution in [-0.4, -0.2) is 34.8 Å². The van der Waals surface area contributed by atoms with Crippen molar-refractivity contribution >= 4 is 18.3 Å². The zero-order chi connectivity index (χ0) is 16.3. The number of para-hydroxylation sites is 1. The number of nitrogens with zero attached hydrogens (tertiary/aromatic N) is 2. The maximum Gasteiger partial charge on any atom is 0.254 e. The lowest BCUT2D eigenvalue weighted by atomic mass is 9.77. The molecule has 3 rings (SSSR count). The molecule has 1 aliphatic rings. The van der Waals surface area contributed by atoms with Crippen LogP contribution in [0, 0.1) is 5.41 Å². The molecule has 1 amide bonds. The maximum absolute atomic E-state index is 12.4. The lowest BCUT2D eigenvalue weighted by molar-refractivity contribution is 0.0929. The summed E-state index contributed by atoms with van der Waals surface area (Å²) in [5, 5.41) is 10.8. The molecule has 1 atom stereocenters. The predicted molar refractivity (Wildman–Crippen MR) is 98.0 cm³/mol. The van der Waals surface area contributed by atoms with E-state index in [1.807, 2.05) is 30.3 Å². The molecule has 1 aliphatic heterocycles. The smallest absolute Gasteiger partial charge is 0.254 e. The number of hydrogen-bond acceptors (Lipinski definition) is 3. The standard InChI is InChI=1S/C18H24N4O.ClH/c1-18(2)9-6-10-19-16(18)12-20-17(23)14-11-21-22(13-14)15-7-4-3-5-8-15;/h3-5,7-8,11,13,16,19H,6,9-10,12H2,1-2H3,(H,20,23);1H. The monoisotopic (exact) mass is 348 g/mol. The van der Waals surface area contributed by atoms with E-state index in [2.05, 4.69) is 29.6 Å². The Bertz CT molecular complexity index is 669. The first-order chi connectivity index (χ1) is 11.1. The number of nitrogens with one attached hydrogen (secondary N) is 2. The molecule has 1 unspecified atom stereocenters. The fourth-order valence-corrected chi connectivity index (χ4v) is 3.08. The molecule has 24 heavy (non-hydrogen) atoms. The topological polar surface area (TPSA) is 58.9 Å². The van der Waals surface area contributed by atoms with Crippen molar-refractivity contribution in [2.75, 3.05) is 13.1 Å². The SMILES string of the molecule is CC1(C)CCCNC1CNC(=O)c1cnn(-c2ccccc2)c1.Cl. The van der Waals surface area contributed by atoms with Gasteiger partial charge in [-0.25, -0.2) is 4.68 Å². The molecule has 0 saturated carbocycles. The van der Waals surface area contributed by atoms with Crippen molar-refractivity contribution in [3.63, 3.8) is 0 Å². The molecule has 0 radical (unpaired) electrons. The van der Waals surface area contributed by atoms with Gasteiger partial charge in [-0.3, -0.25) is 4.79 Å². The van der Waals surface area contributed by atoms with Crippen LogP contribution in [0.25, 0.3) is 5.69 Å². The average Bonchev–Trinajstić information content (AvgIpc) is 3.04. The minimum atomic E-state index is -0.0737. The van der Waals surface area contributed by atoms with Gasteiger partial charge in [0.2, 0.25) is 0 Å². The fourth-order valence-electron chi connectivity index (χ4n) is 3.08. The molecule has 1 fully saturated rings. The Morgan fingerprint density at radius 2 is 2.12 bits per heavy atom. The van der Waals surface area contributed by atoms with Crippen LogP contribution in [0.15, 0.2) is 42.7 Å². The van der Waals surface area contributed by atoms with Crippen LogP contribution < -0.4 is 10.6 Å². The second kappa shape index (κ2) is 7.81. The van der Waals surface area contributed by atoms with Crippen LogP contribution >= 0.6 is 12.4 Å². The average molecular weight is 349 g/mol. The first-order valence-corrected chi connectivity index (χ1v) is 8.18. The van der Waals surface area contributed by atoms with Crippen molar-refractivity contribution in [2.24, 2.45) is 5.41 Å². The zero-order valence-electron chi connectivity index (χ0n) is 14.2. The Morgan fingerprint density at radius 3 is 2.83 bits per heavy atom. The lowest BCUT2D eigenvalue weighted by Gasteiger charge is -2.39. The van der Waals surface area contributed by atoms with E-state index in [1.54, 1.807) is 17.1 Å². The Balaban J connectivity index is 0.00000208. The summed E-state index contributed by atoms with van der Waals surface area (Å²) >= 11 is 0. The summed E-state index contributed by atoms with van der Waals surface area (Å²) in [6.07, 6.45) is 5.76. The van der Waals surface area contributed by atoms with E-state index in [4.69, 9.17) is 0 Å². The molecule has 0 bridgehead atoms. The van der Waals surface area contributed by atoms with Crippen LogP contribution in [0.4, 0.5) is 0 Å². The van der Waals surface area contributed by atoms with Gasteiger partial charge < -0.3 is 10.6 Å². The van der Waals surface area contributed by atoms with E-state index in [9.17, 15) is 4.79 Å². The molecule has 0 aliphatic carbocycles. The van der Waals surface area contributed by atoms with Crippen LogP contribution in [0.3, 0.4) is 0 Å². The highest BCUT2D eigenvalue weighted by Gasteiger charge is 2.32. The number of carbonyl (C=O) groups excluding carboxylic acids is 1. The maximum atomic E-state index is 12.4. The molecule has 2 heterocycles. The van der Waals surface area contributed by atoms with Crippen LogP contribution in [0.2, 0.25) is 0 Å². The largest absolute Gasteiger partial charge is 0.350 e. The van der Waals surface area contributed by atoms with Crippen molar-refractivity contribution < 1.29 is 4.79 Å². The molecule has 1 aromatic heterocycles. The van der Waals surface area contributed by atoms with E-state index in [0.29, 0.717) is 18.2 Å². The number of aromatic nitrogens is 2. The van der Waals surface area contributed by atoms with Gasteiger partial charge in [0.15, 0.2) is 0 Å². The highest BCUT2D eigenvalue weighted by Crippen LogP contribution is 2.29. The quantitative estimate of drug-likeness (QED) is 0.893. The van der Waals surface area contributed by atoms with E-state index >= 15 is 0 Å². The van der Waals surface area contributed by atoms with Crippen molar-refractivity contribution in [3.05, 3.63) is 48.3 Å². The third-order valence-electron chi connectivity index (χ3n) is 4.66. The molecule has 0 spiro atoms. The van der Waals surface area contributed by atoms with Crippen LogP contribution in [-0.2, 0) is 0 Å². The van der Waals surface area contributed by atoms with Gasteiger partial charge in [0.05, 0.1) is 17.4 Å². The van der Waals surface area contributed by atoms with Gasteiger partial charge in [-0.2, -0.15) is 5.10 Å². The summed E-state index contributed by atoms with van der Waals surface area (Å²) in [4.78, 5) is 12.4. The molecule has 2 N–H and O–H groups in total. The highest BCUT2D eigenvalue weighted by molar-refractivity contribution is 5.93. The summed E-state index contributed by atoms with van der Waals surface area (Å²) in [7, 11) is 0. The Kier molecular flexibility index (Phi) is 6.02. The molecule has 1 saturated heterocycles. The normalized spacial score (nSPS) is 19.3. The number of rotatable bonds is 4. The predicted octanol–water partition coefficient (Wildman–Crippen LogP) is 2.80. The summed E-state index contributed by atoms with van der Waals surface area (Å²) in [5.74, 6) is -0.0737. The highest BCUT2D eigenvalue weighted by atomic mass is 35.5. The zero-order valence-corrected chi connectivity index (χ0v) is 15.0. The third kappa shape index (κ3) is 4.16. The van der Waals surface area contributed by atoms with Crippen molar-refractivity contribution in [1.29, 1.82) is 0 Å². The van der Waals surface area contributed by atoms with Crippen molar-refractivity contribution in [1.82, 2.24) is 20.4 Å². The van der Waals surface area contributed by atoms with Crippen molar-refractivity contribution in [2.45, 2.75) is 32.7 Å². The number of halogens is 1. The van der Waals surface area contributed by atoms with Gasteiger partial charge in [-0.05, 0) is 36.9 Å². The van der Waals surface area contributed by atoms with Gasteiger partial charge in [-0.15, -0.1) is 12.4 Å². The minimum absolute atomic E-state index is 0. The number of carbonyl (C=O) groups is 1. The van der Waals surface area contributed by atoms with E-state index < -0.39 is 0 Å². The first kappa shape index (κ1) is 18.5. The van der Waals surface area contributed by atoms with E-state index in [-0.39, 0.29) is 23.7 Å². The van der Waals surface area contributed by atoms with Crippen molar-refractivity contribution in [3.8, 4) is 5.69 Å². The molecule has 6 heteroatoms. The number of hydrogen-bond donors (Lipinski definition) is 2. The van der Waals surface area contributed by atoms with E-state index in [1.165, 1.54) is 12.8 Å². The Labute approximate surface area is 149 Å². The first-order valence-electron chi connectivity index (χ1n) is 8.18. The lowest BCUT2D eigenvalue weighted by Crippen LogP contribution is -2.52. The van der Waals surface area contributed by atoms with Crippen LogP contribution in [0.1, 0.15) is 37.0 Å². The van der Waals surface area contributed by atoms with E-state index in [0.717, 1.165) is 12.2 Å². The number of benzene rings is 1. The second-order valence-corrected chi connectivity index (χ2v) is 6.82. The third-order valence-corrected chi connectivity index (χ3v) is 4.66. The van der Waals surface area contributed by atoms with Gasteiger partial charge >= 0.3 is 0 Å². The Hall–Kier alpha value is -1.85. The minimum Gasteiger partial charge on any atom is -0.350 e. The molecule has 2 aromatic rings. The number of piperidine rings is 1. The Morgan fingerprint density at radius 1 is 1.38 bits per heavy atom. The van der Waals surface area contributed by atoms with Gasteiger partial charge in [-0.1, -0.05) is 32.0 Å². The molecule has 5 nitrogen and oxygen atoms in total. The molecular weight excluding hydrogens is 324 g/mol.